The highest BCUT2D eigenvalue weighted by molar-refractivity contribution is 6.46. The Labute approximate surface area is 135 Å². The molecule has 3 rings (SSSR count). The van der Waals surface area contributed by atoms with E-state index in [0.29, 0.717) is 12.1 Å². The summed E-state index contributed by atoms with van der Waals surface area (Å²) in [6.07, 6.45) is 7.37. The van der Waals surface area contributed by atoms with E-state index in [1.165, 1.54) is 12.1 Å². The first-order valence-electron chi connectivity index (χ1n) is 8.16. The van der Waals surface area contributed by atoms with Gasteiger partial charge in [-0.05, 0) is 30.5 Å². The highest BCUT2D eigenvalue weighted by Crippen LogP contribution is 2.40. The van der Waals surface area contributed by atoms with Crippen LogP contribution >= 0.6 is 0 Å². The molecule has 0 aromatic heterocycles. The fourth-order valence-corrected chi connectivity index (χ4v) is 3.31. The smallest absolute Gasteiger partial charge is 0.299 e. The van der Waals surface area contributed by atoms with Crippen molar-refractivity contribution in [2.75, 3.05) is 6.54 Å². The molecule has 3 nitrogen and oxygen atoms in total. The SMILES string of the molecule is CCCCCN1C(=O)C(=O)C2=C1C(c1ccc(F)cc1)CC=C2. The molecule has 23 heavy (non-hydrogen) atoms. The van der Waals surface area contributed by atoms with E-state index in [9.17, 15) is 14.0 Å². The molecule has 0 saturated carbocycles. The minimum atomic E-state index is -0.426. The molecule has 0 spiro atoms. The lowest BCUT2D eigenvalue weighted by atomic mass is 9.86. The fourth-order valence-electron chi connectivity index (χ4n) is 3.31. The van der Waals surface area contributed by atoms with Crippen molar-refractivity contribution in [1.82, 2.24) is 4.90 Å². The summed E-state index contributed by atoms with van der Waals surface area (Å²) in [6.45, 7) is 2.68. The van der Waals surface area contributed by atoms with Crippen LogP contribution in [0.25, 0.3) is 0 Å². The number of rotatable bonds is 5. The Bertz CT molecular complexity index is 688. The molecule has 0 N–H and O–H groups in total. The molecule has 1 aromatic carbocycles. The van der Waals surface area contributed by atoms with E-state index < -0.39 is 11.7 Å². The van der Waals surface area contributed by atoms with E-state index in [0.717, 1.165) is 36.9 Å². The Morgan fingerprint density at radius 1 is 1.17 bits per heavy atom. The first kappa shape index (κ1) is 15.7. The van der Waals surface area contributed by atoms with Crippen LogP contribution in [-0.2, 0) is 9.59 Å². The lowest BCUT2D eigenvalue weighted by molar-refractivity contribution is -0.139. The van der Waals surface area contributed by atoms with Gasteiger partial charge in [0.15, 0.2) is 0 Å². The molecular weight excluding hydrogens is 293 g/mol. The molecule has 2 aliphatic rings. The second-order valence-electron chi connectivity index (χ2n) is 6.03. The fraction of sp³-hybridized carbons (Fsp3) is 0.368. The third-order valence-corrected chi connectivity index (χ3v) is 4.49. The molecule has 0 bridgehead atoms. The maximum absolute atomic E-state index is 13.2. The van der Waals surface area contributed by atoms with Gasteiger partial charge in [-0.25, -0.2) is 4.39 Å². The third-order valence-electron chi connectivity index (χ3n) is 4.49. The van der Waals surface area contributed by atoms with Gasteiger partial charge in [0, 0.05) is 23.7 Å². The van der Waals surface area contributed by atoms with Crippen LogP contribution < -0.4 is 0 Å². The van der Waals surface area contributed by atoms with E-state index in [2.05, 4.69) is 6.92 Å². The molecule has 0 saturated heterocycles. The van der Waals surface area contributed by atoms with Gasteiger partial charge in [-0.2, -0.15) is 0 Å². The van der Waals surface area contributed by atoms with Gasteiger partial charge in [0.1, 0.15) is 5.82 Å². The molecule has 1 unspecified atom stereocenters. The predicted octanol–water partition coefficient (Wildman–Crippen LogP) is 3.72. The zero-order valence-corrected chi connectivity index (χ0v) is 13.2. The van der Waals surface area contributed by atoms with Gasteiger partial charge >= 0.3 is 0 Å². The number of hydrogen-bond acceptors (Lipinski definition) is 2. The zero-order valence-electron chi connectivity index (χ0n) is 13.2. The minimum Gasteiger partial charge on any atom is -0.308 e. The topological polar surface area (TPSA) is 37.4 Å². The Kier molecular flexibility index (Phi) is 4.42. The first-order chi connectivity index (χ1) is 11.1. The van der Waals surface area contributed by atoms with Crippen molar-refractivity contribution >= 4 is 11.7 Å². The first-order valence-corrected chi connectivity index (χ1v) is 8.16. The van der Waals surface area contributed by atoms with Crippen LogP contribution in [0, 0.1) is 5.82 Å². The molecule has 4 heteroatoms. The van der Waals surface area contributed by atoms with Crippen LogP contribution in [0.2, 0.25) is 0 Å². The van der Waals surface area contributed by atoms with E-state index in [-0.39, 0.29) is 11.7 Å². The molecule has 1 aliphatic heterocycles. The highest BCUT2D eigenvalue weighted by atomic mass is 19.1. The van der Waals surface area contributed by atoms with Crippen molar-refractivity contribution in [3.63, 3.8) is 0 Å². The van der Waals surface area contributed by atoms with Crippen LogP contribution in [-0.4, -0.2) is 23.1 Å². The molecular formula is C19H20FNO2. The molecule has 1 heterocycles. The highest BCUT2D eigenvalue weighted by Gasteiger charge is 2.41. The number of ketones is 1. The molecule has 1 aromatic rings. The second-order valence-corrected chi connectivity index (χ2v) is 6.03. The third kappa shape index (κ3) is 2.85. The summed E-state index contributed by atoms with van der Waals surface area (Å²) in [5.74, 6) is -1.19. The summed E-state index contributed by atoms with van der Waals surface area (Å²) in [6, 6.07) is 6.32. The van der Waals surface area contributed by atoms with Crippen LogP contribution in [0.5, 0.6) is 0 Å². The summed E-state index contributed by atoms with van der Waals surface area (Å²) in [5.41, 5.74) is 2.24. The summed E-state index contributed by atoms with van der Waals surface area (Å²) in [5, 5.41) is 0. The van der Waals surface area contributed by atoms with Gasteiger partial charge in [-0.1, -0.05) is 44.1 Å². The van der Waals surface area contributed by atoms with Gasteiger partial charge < -0.3 is 4.90 Å². The molecule has 0 radical (unpaired) electrons. The van der Waals surface area contributed by atoms with E-state index >= 15 is 0 Å². The van der Waals surface area contributed by atoms with Gasteiger partial charge in [0.05, 0.1) is 0 Å². The number of carbonyl (C=O) groups excluding carboxylic acids is 2. The second kappa shape index (κ2) is 6.49. The lowest BCUT2D eigenvalue weighted by Crippen LogP contribution is -2.31. The van der Waals surface area contributed by atoms with Crippen molar-refractivity contribution in [2.24, 2.45) is 0 Å². The van der Waals surface area contributed by atoms with E-state index in [4.69, 9.17) is 0 Å². The summed E-state index contributed by atoms with van der Waals surface area (Å²) in [7, 11) is 0. The monoisotopic (exact) mass is 313 g/mol. The molecule has 120 valence electrons. The van der Waals surface area contributed by atoms with E-state index in [1.807, 2.05) is 6.08 Å². The number of nitrogens with zero attached hydrogens (tertiary/aromatic N) is 1. The maximum atomic E-state index is 13.2. The summed E-state index contributed by atoms with van der Waals surface area (Å²) < 4.78 is 13.2. The van der Waals surface area contributed by atoms with Gasteiger partial charge in [0.25, 0.3) is 11.7 Å². The number of hydrogen-bond donors (Lipinski definition) is 0. The average molecular weight is 313 g/mol. The van der Waals surface area contributed by atoms with Gasteiger partial charge in [-0.15, -0.1) is 0 Å². The standard InChI is InChI=1S/C19H20FNO2/c1-2-3-4-12-21-17-15(13-8-10-14(20)11-9-13)6-5-7-16(17)18(22)19(21)23/h5,7-11,15H,2-4,6,12H2,1H3. The van der Waals surface area contributed by atoms with Crippen molar-refractivity contribution in [1.29, 1.82) is 0 Å². The summed E-state index contributed by atoms with van der Waals surface area (Å²) >= 11 is 0. The minimum absolute atomic E-state index is 0.0624. The Morgan fingerprint density at radius 3 is 2.61 bits per heavy atom. The number of amides is 1. The van der Waals surface area contributed by atoms with Crippen molar-refractivity contribution < 1.29 is 14.0 Å². The maximum Gasteiger partial charge on any atom is 0.299 e. The van der Waals surface area contributed by atoms with Gasteiger partial charge in [0.2, 0.25) is 0 Å². The molecule has 1 amide bonds. The van der Waals surface area contributed by atoms with Crippen LogP contribution in [0.3, 0.4) is 0 Å². The van der Waals surface area contributed by atoms with E-state index in [1.54, 1.807) is 23.1 Å². The molecule has 1 aliphatic carbocycles. The number of Topliss-reactive ketones (excluding diaryl/α,β-unsaturated/α-hetero) is 1. The summed E-state index contributed by atoms with van der Waals surface area (Å²) in [4.78, 5) is 26.2. The number of halogens is 1. The van der Waals surface area contributed by atoms with Crippen molar-refractivity contribution in [3.05, 3.63) is 59.1 Å². The lowest BCUT2D eigenvalue weighted by Gasteiger charge is -2.28. The van der Waals surface area contributed by atoms with Gasteiger partial charge in [-0.3, -0.25) is 9.59 Å². The van der Waals surface area contributed by atoms with Crippen LogP contribution in [0.4, 0.5) is 4.39 Å². The number of allylic oxidation sites excluding steroid dienone is 3. The van der Waals surface area contributed by atoms with Crippen molar-refractivity contribution in [3.8, 4) is 0 Å². The number of benzene rings is 1. The zero-order chi connectivity index (χ0) is 16.4. The largest absolute Gasteiger partial charge is 0.308 e. The van der Waals surface area contributed by atoms with Crippen molar-refractivity contribution in [2.45, 2.75) is 38.5 Å². The Morgan fingerprint density at radius 2 is 1.91 bits per heavy atom. The predicted molar refractivity (Wildman–Crippen MR) is 86.2 cm³/mol. The van der Waals surface area contributed by atoms with Crippen LogP contribution in [0.1, 0.15) is 44.1 Å². The average Bonchev–Trinajstić information content (AvgIpc) is 2.81. The normalized spacial score (nSPS) is 20.4. The number of carbonyl (C=O) groups is 2. The van der Waals surface area contributed by atoms with Crippen LogP contribution in [0.15, 0.2) is 47.7 Å². The Balaban J connectivity index is 1.94. The number of unbranched alkanes of at least 4 members (excludes halogenated alkanes) is 2. The Hall–Kier alpha value is -2.23. The quantitative estimate of drug-likeness (QED) is 0.613. The molecule has 1 atom stereocenters. The molecule has 0 fully saturated rings.